The first-order valence-corrected chi connectivity index (χ1v) is 5.92. The Hall–Kier alpha value is -1.57. The molecular formula is C15H20O2. The van der Waals surface area contributed by atoms with E-state index in [9.17, 15) is 4.79 Å². The van der Waals surface area contributed by atoms with E-state index in [2.05, 4.69) is 6.58 Å². The normalized spacial score (nSPS) is 10.4. The molecule has 0 saturated carbocycles. The summed E-state index contributed by atoms with van der Waals surface area (Å²) in [4.78, 5) is 12.1. The van der Waals surface area contributed by atoms with Gasteiger partial charge in [0.05, 0.1) is 7.11 Å². The molecule has 0 amide bonds. The number of ketones is 1. The minimum Gasteiger partial charge on any atom is -0.497 e. The van der Waals surface area contributed by atoms with Crippen LogP contribution in [-0.4, -0.2) is 12.9 Å². The van der Waals surface area contributed by atoms with Crippen LogP contribution in [0.5, 0.6) is 5.75 Å². The molecule has 1 aromatic carbocycles. The van der Waals surface area contributed by atoms with Crippen LogP contribution in [0.25, 0.3) is 0 Å². The van der Waals surface area contributed by atoms with Gasteiger partial charge in [0.1, 0.15) is 5.75 Å². The summed E-state index contributed by atoms with van der Waals surface area (Å²) in [5.41, 5.74) is 1.85. The molecule has 0 fully saturated rings. The van der Waals surface area contributed by atoms with E-state index in [1.165, 1.54) is 0 Å². The molecular weight excluding hydrogens is 212 g/mol. The van der Waals surface area contributed by atoms with Gasteiger partial charge >= 0.3 is 0 Å². The summed E-state index contributed by atoms with van der Waals surface area (Å²) in [6.45, 7) is 7.55. The molecule has 92 valence electrons. The molecule has 2 heteroatoms. The number of methoxy groups -OCH3 is 1. The highest BCUT2D eigenvalue weighted by Gasteiger charge is 2.15. The van der Waals surface area contributed by atoms with E-state index in [1.807, 2.05) is 38.1 Å². The number of carbonyl (C=O) groups excluding carboxylic acids is 1. The van der Waals surface area contributed by atoms with Gasteiger partial charge in [-0.3, -0.25) is 4.79 Å². The molecule has 0 aliphatic carbocycles. The molecule has 0 unspecified atom stereocenters. The molecule has 1 aromatic rings. The van der Waals surface area contributed by atoms with Crippen molar-refractivity contribution in [2.75, 3.05) is 7.11 Å². The van der Waals surface area contributed by atoms with Crippen molar-refractivity contribution >= 4 is 5.78 Å². The van der Waals surface area contributed by atoms with Gasteiger partial charge in [-0.15, -0.1) is 6.58 Å². The Bertz CT molecular complexity index is 405. The quantitative estimate of drug-likeness (QED) is 0.552. The summed E-state index contributed by atoms with van der Waals surface area (Å²) in [7, 11) is 1.64. The molecule has 0 spiro atoms. The Morgan fingerprint density at radius 3 is 2.71 bits per heavy atom. The van der Waals surface area contributed by atoms with Crippen LogP contribution in [0.2, 0.25) is 0 Å². The fourth-order valence-corrected chi connectivity index (χ4v) is 1.71. The molecule has 0 aliphatic rings. The van der Waals surface area contributed by atoms with Crippen molar-refractivity contribution in [2.24, 2.45) is 5.92 Å². The number of rotatable bonds is 6. The van der Waals surface area contributed by atoms with Gasteiger partial charge in [-0.25, -0.2) is 0 Å². The molecule has 0 atom stereocenters. The summed E-state index contributed by atoms with van der Waals surface area (Å²) in [5, 5.41) is 0. The highest BCUT2D eigenvalue weighted by molar-refractivity contribution is 5.98. The van der Waals surface area contributed by atoms with Crippen LogP contribution >= 0.6 is 0 Å². The van der Waals surface area contributed by atoms with Gasteiger partial charge in [0.15, 0.2) is 5.78 Å². The summed E-state index contributed by atoms with van der Waals surface area (Å²) >= 11 is 0. The Morgan fingerprint density at radius 1 is 1.47 bits per heavy atom. The van der Waals surface area contributed by atoms with Crippen molar-refractivity contribution in [3.05, 3.63) is 42.0 Å². The number of Topliss-reactive ketones (excluding diaryl/α,β-unsaturated/α-hetero) is 1. The lowest BCUT2D eigenvalue weighted by atomic mass is 9.94. The lowest BCUT2D eigenvalue weighted by Gasteiger charge is -2.11. The standard InChI is InChI=1S/C15H20O2/c1-5-6-7-12-10-13(17-4)8-9-14(12)15(16)11(2)3/h5,8-11H,1,6-7H2,2-4H3. The van der Waals surface area contributed by atoms with E-state index in [1.54, 1.807) is 7.11 Å². The van der Waals surface area contributed by atoms with Crippen LogP contribution in [-0.2, 0) is 6.42 Å². The number of benzene rings is 1. The van der Waals surface area contributed by atoms with Crippen LogP contribution < -0.4 is 4.74 Å². The lowest BCUT2D eigenvalue weighted by molar-refractivity contribution is 0.0938. The van der Waals surface area contributed by atoms with Gasteiger partial charge in [0.2, 0.25) is 0 Å². The van der Waals surface area contributed by atoms with Crippen LogP contribution in [0.15, 0.2) is 30.9 Å². The molecule has 17 heavy (non-hydrogen) atoms. The van der Waals surface area contributed by atoms with Crippen molar-refractivity contribution in [1.29, 1.82) is 0 Å². The number of carbonyl (C=O) groups is 1. The van der Waals surface area contributed by atoms with Gasteiger partial charge in [-0.2, -0.15) is 0 Å². The molecule has 0 saturated heterocycles. The third kappa shape index (κ3) is 3.45. The fraction of sp³-hybridized carbons (Fsp3) is 0.400. The number of ether oxygens (including phenoxy) is 1. The van der Waals surface area contributed by atoms with E-state index >= 15 is 0 Å². The number of hydrogen-bond acceptors (Lipinski definition) is 2. The SMILES string of the molecule is C=CCCc1cc(OC)ccc1C(=O)C(C)C. The van der Waals surface area contributed by atoms with Gasteiger partial charge in [-0.05, 0) is 36.6 Å². The fourth-order valence-electron chi connectivity index (χ4n) is 1.71. The van der Waals surface area contributed by atoms with E-state index in [-0.39, 0.29) is 11.7 Å². The predicted octanol–water partition coefficient (Wildman–Crippen LogP) is 3.65. The van der Waals surface area contributed by atoms with Crippen molar-refractivity contribution in [2.45, 2.75) is 26.7 Å². The van der Waals surface area contributed by atoms with Crippen molar-refractivity contribution in [1.82, 2.24) is 0 Å². The maximum atomic E-state index is 12.1. The van der Waals surface area contributed by atoms with E-state index in [0.717, 1.165) is 29.7 Å². The number of aryl methyl sites for hydroxylation is 1. The topological polar surface area (TPSA) is 26.3 Å². The van der Waals surface area contributed by atoms with Crippen molar-refractivity contribution in [3.63, 3.8) is 0 Å². The van der Waals surface area contributed by atoms with Crippen LogP contribution in [0.4, 0.5) is 0 Å². The Labute approximate surface area is 103 Å². The van der Waals surface area contributed by atoms with E-state index in [0.29, 0.717) is 0 Å². The van der Waals surface area contributed by atoms with Crippen molar-refractivity contribution in [3.8, 4) is 5.75 Å². The summed E-state index contributed by atoms with van der Waals surface area (Å²) in [6, 6.07) is 5.64. The van der Waals surface area contributed by atoms with Crippen LogP contribution in [0.3, 0.4) is 0 Å². The van der Waals surface area contributed by atoms with Gasteiger partial charge in [-0.1, -0.05) is 19.9 Å². The third-order valence-corrected chi connectivity index (χ3v) is 2.72. The largest absolute Gasteiger partial charge is 0.497 e. The van der Waals surface area contributed by atoms with Gasteiger partial charge in [0, 0.05) is 11.5 Å². The zero-order valence-corrected chi connectivity index (χ0v) is 10.8. The lowest BCUT2D eigenvalue weighted by Crippen LogP contribution is -2.10. The number of allylic oxidation sites excluding steroid dienone is 1. The minimum absolute atomic E-state index is 0.0193. The molecule has 0 radical (unpaired) electrons. The molecule has 0 heterocycles. The highest BCUT2D eigenvalue weighted by Crippen LogP contribution is 2.21. The first kappa shape index (κ1) is 13.5. The molecule has 0 aromatic heterocycles. The molecule has 0 N–H and O–H groups in total. The molecule has 2 nitrogen and oxygen atoms in total. The van der Waals surface area contributed by atoms with Gasteiger partial charge in [0.25, 0.3) is 0 Å². The van der Waals surface area contributed by atoms with Crippen LogP contribution in [0.1, 0.15) is 36.2 Å². The first-order valence-electron chi connectivity index (χ1n) is 5.92. The Balaban J connectivity index is 3.09. The second-order valence-electron chi connectivity index (χ2n) is 4.37. The number of hydrogen-bond donors (Lipinski definition) is 0. The Kier molecular flexibility index (Phi) is 4.95. The second-order valence-corrected chi connectivity index (χ2v) is 4.37. The van der Waals surface area contributed by atoms with Crippen LogP contribution in [0, 0.1) is 5.92 Å². The monoisotopic (exact) mass is 232 g/mol. The van der Waals surface area contributed by atoms with Crippen molar-refractivity contribution < 1.29 is 9.53 Å². The summed E-state index contributed by atoms with van der Waals surface area (Å²) < 4.78 is 5.19. The molecule has 0 bridgehead atoms. The zero-order chi connectivity index (χ0) is 12.8. The smallest absolute Gasteiger partial charge is 0.165 e. The average Bonchev–Trinajstić information content (AvgIpc) is 2.34. The minimum atomic E-state index is 0.0193. The highest BCUT2D eigenvalue weighted by atomic mass is 16.5. The maximum Gasteiger partial charge on any atom is 0.165 e. The maximum absolute atomic E-state index is 12.1. The zero-order valence-electron chi connectivity index (χ0n) is 10.8. The summed E-state index contributed by atoms with van der Waals surface area (Å²) in [5.74, 6) is 1.00. The Morgan fingerprint density at radius 2 is 2.18 bits per heavy atom. The molecule has 0 aliphatic heterocycles. The van der Waals surface area contributed by atoms with E-state index < -0.39 is 0 Å². The third-order valence-electron chi connectivity index (χ3n) is 2.72. The molecule has 1 rings (SSSR count). The van der Waals surface area contributed by atoms with E-state index in [4.69, 9.17) is 4.74 Å². The second kappa shape index (κ2) is 6.24. The van der Waals surface area contributed by atoms with Gasteiger partial charge < -0.3 is 4.74 Å². The predicted molar refractivity (Wildman–Crippen MR) is 70.7 cm³/mol. The summed E-state index contributed by atoms with van der Waals surface area (Å²) in [6.07, 6.45) is 3.56. The first-order chi connectivity index (χ1) is 8.10. The average molecular weight is 232 g/mol.